The van der Waals surface area contributed by atoms with Crippen LogP contribution in [0.5, 0.6) is 0 Å². The Labute approximate surface area is 76.8 Å². The highest BCUT2D eigenvalue weighted by atomic mass is 35.5. The summed E-state index contributed by atoms with van der Waals surface area (Å²) in [5.74, 6) is 0. The maximum atomic E-state index is 11.5. The van der Waals surface area contributed by atoms with Gasteiger partial charge in [-0.1, -0.05) is 11.6 Å². The van der Waals surface area contributed by atoms with Gasteiger partial charge in [-0.3, -0.25) is 4.79 Å². The molecule has 0 aliphatic rings. The maximum Gasteiger partial charge on any atom is 0.255 e. The first-order chi connectivity index (χ1) is 5.57. The second-order valence-electron chi connectivity index (χ2n) is 2.81. The normalized spacial score (nSPS) is 10.3. The van der Waals surface area contributed by atoms with E-state index in [-0.39, 0.29) is 5.56 Å². The lowest BCUT2D eigenvalue weighted by Gasteiger charge is -2.08. The van der Waals surface area contributed by atoms with Gasteiger partial charge in [0.2, 0.25) is 0 Å². The van der Waals surface area contributed by atoms with E-state index in [4.69, 9.17) is 11.6 Å². The minimum absolute atomic E-state index is 0.0162. The summed E-state index contributed by atoms with van der Waals surface area (Å²) in [6.07, 6.45) is 0. The first-order valence-corrected chi connectivity index (χ1v) is 4.32. The van der Waals surface area contributed by atoms with Crippen molar-refractivity contribution >= 4 is 11.6 Å². The molecule has 0 bridgehead atoms. The molecule has 1 heterocycles. The van der Waals surface area contributed by atoms with E-state index in [0.717, 1.165) is 5.69 Å². The minimum atomic E-state index is 0.0162. The van der Waals surface area contributed by atoms with Crippen LogP contribution >= 0.6 is 11.6 Å². The molecule has 2 nitrogen and oxygen atoms in total. The average Bonchev–Trinajstić information content (AvgIpc) is 2.01. The van der Waals surface area contributed by atoms with Crippen LogP contribution in [-0.4, -0.2) is 4.57 Å². The van der Waals surface area contributed by atoms with Crippen molar-refractivity contribution in [2.24, 2.45) is 0 Å². The first-order valence-electron chi connectivity index (χ1n) is 3.94. The topological polar surface area (TPSA) is 22.0 Å². The van der Waals surface area contributed by atoms with Crippen molar-refractivity contribution in [2.75, 3.05) is 0 Å². The monoisotopic (exact) mass is 185 g/mol. The van der Waals surface area contributed by atoms with E-state index in [0.29, 0.717) is 17.1 Å². The fourth-order valence-corrected chi connectivity index (χ4v) is 1.47. The lowest BCUT2D eigenvalue weighted by molar-refractivity contribution is 0.695. The van der Waals surface area contributed by atoms with Gasteiger partial charge in [-0.05, 0) is 26.8 Å². The van der Waals surface area contributed by atoms with E-state index in [9.17, 15) is 4.79 Å². The Bertz CT molecular complexity index is 354. The molecule has 0 amide bonds. The number of hydrogen-bond donors (Lipinski definition) is 0. The molecular weight excluding hydrogens is 174 g/mol. The molecule has 0 unspecified atom stereocenters. The summed E-state index contributed by atoms with van der Waals surface area (Å²) in [7, 11) is 0. The predicted octanol–water partition coefficient (Wildman–Crippen LogP) is 2.14. The van der Waals surface area contributed by atoms with Gasteiger partial charge in [0.1, 0.15) is 0 Å². The van der Waals surface area contributed by atoms with Crippen LogP contribution < -0.4 is 5.56 Å². The Morgan fingerprint density at radius 2 is 2.08 bits per heavy atom. The van der Waals surface area contributed by atoms with Crippen molar-refractivity contribution in [1.29, 1.82) is 0 Å². The van der Waals surface area contributed by atoms with Crippen LogP contribution in [0, 0.1) is 13.8 Å². The highest BCUT2D eigenvalue weighted by Crippen LogP contribution is 2.12. The van der Waals surface area contributed by atoms with Crippen molar-refractivity contribution in [1.82, 2.24) is 4.57 Å². The van der Waals surface area contributed by atoms with Gasteiger partial charge in [0, 0.05) is 17.8 Å². The molecule has 0 fully saturated rings. The zero-order chi connectivity index (χ0) is 9.30. The van der Waals surface area contributed by atoms with Gasteiger partial charge in [0.15, 0.2) is 0 Å². The van der Waals surface area contributed by atoms with Gasteiger partial charge in [0.25, 0.3) is 5.56 Å². The van der Waals surface area contributed by atoms with Gasteiger partial charge in [-0.25, -0.2) is 0 Å². The van der Waals surface area contributed by atoms with E-state index in [1.54, 1.807) is 11.5 Å². The lowest BCUT2D eigenvalue weighted by atomic mass is 10.2. The zero-order valence-corrected chi connectivity index (χ0v) is 8.27. The second kappa shape index (κ2) is 3.31. The third-order valence-electron chi connectivity index (χ3n) is 2.00. The fraction of sp³-hybridized carbons (Fsp3) is 0.444. The Morgan fingerprint density at radius 3 is 2.58 bits per heavy atom. The lowest BCUT2D eigenvalue weighted by Crippen LogP contribution is -2.23. The van der Waals surface area contributed by atoms with Crippen molar-refractivity contribution in [3.63, 3.8) is 0 Å². The standard InChI is InChI=1S/C9H12ClNO/c1-4-11-6(2)5-8(10)7(3)9(11)12/h5H,4H2,1-3H3. The molecule has 1 aromatic rings. The van der Waals surface area contributed by atoms with Crippen LogP contribution in [0.1, 0.15) is 18.2 Å². The Hall–Kier alpha value is -0.760. The number of aryl methyl sites for hydroxylation is 1. The smallest absolute Gasteiger partial charge is 0.255 e. The Balaban J connectivity index is 3.52. The SMILES string of the molecule is CCn1c(C)cc(Cl)c(C)c1=O. The van der Waals surface area contributed by atoms with Gasteiger partial charge in [-0.15, -0.1) is 0 Å². The van der Waals surface area contributed by atoms with Gasteiger partial charge in [0.05, 0.1) is 5.02 Å². The molecule has 0 aliphatic carbocycles. The average molecular weight is 186 g/mol. The van der Waals surface area contributed by atoms with Crippen LogP contribution in [0.4, 0.5) is 0 Å². The van der Waals surface area contributed by atoms with E-state index >= 15 is 0 Å². The highest BCUT2D eigenvalue weighted by molar-refractivity contribution is 6.31. The van der Waals surface area contributed by atoms with Crippen molar-refractivity contribution in [3.05, 3.63) is 32.7 Å². The van der Waals surface area contributed by atoms with Crippen LogP contribution in [0.15, 0.2) is 10.9 Å². The second-order valence-corrected chi connectivity index (χ2v) is 3.22. The van der Waals surface area contributed by atoms with Crippen LogP contribution in [0.2, 0.25) is 5.02 Å². The third-order valence-corrected chi connectivity index (χ3v) is 2.39. The first kappa shape index (κ1) is 9.33. The highest BCUT2D eigenvalue weighted by Gasteiger charge is 2.05. The number of hydrogen-bond acceptors (Lipinski definition) is 1. The maximum absolute atomic E-state index is 11.5. The third kappa shape index (κ3) is 1.39. The summed E-state index contributed by atoms with van der Waals surface area (Å²) in [6, 6.07) is 1.82. The number of halogens is 1. The molecular formula is C9H12ClNO. The molecule has 3 heteroatoms. The Kier molecular flexibility index (Phi) is 2.58. The molecule has 0 spiro atoms. The number of aromatic nitrogens is 1. The number of nitrogens with zero attached hydrogens (tertiary/aromatic N) is 1. The number of rotatable bonds is 1. The van der Waals surface area contributed by atoms with Crippen LogP contribution in [-0.2, 0) is 6.54 Å². The largest absolute Gasteiger partial charge is 0.313 e. The molecule has 0 aliphatic heterocycles. The van der Waals surface area contributed by atoms with Crippen LogP contribution in [0.3, 0.4) is 0 Å². The molecule has 0 N–H and O–H groups in total. The molecule has 0 atom stereocenters. The summed E-state index contributed by atoms with van der Waals surface area (Å²) in [4.78, 5) is 11.5. The molecule has 12 heavy (non-hydrogen) atoms. The predicted molar refractivity (Wildman–Crippen MR) is 50.9 cm³/mol. The molecule has 1 aromatic heterocycles. The van der Waals surface area contributed by atoms with Crippen molar-refractivity contribution in [2.45, 2.75) is 27.3 Å². The van der Waals surface area contributed by atoms with Gasteiger partial charge < -0.3 is 4.57 Å². The molecule has 0 saturated carbocycles. The zero-order valence-electron chi connectivity index (χ0n) is 7.52. The summed E-state index contributed by atoms with van der Waals surface area (Å²) in [5, 5.41) is 0.558. The quantitative estimate of drug-likeness (QED) is 0.657. The number of pyridine rings is 1. The van der Waals surface area contributed by atoms with E-state index in [1.807, 2.05) is 19.9 Å². The molecule has 0 saturated heterocycles. The van der Waals surface area contributed by atoms with Crippen LogP contribution in [0.25, 0.3) is 0 Å². The Morgan fingerprint density at radius 1 is 1.50 bits per heavy atom. The summed E-state index contributed by atoms with van der Waals surface area (Å²) in [5.41, 5.74) is 1.56. The summed E-state index contributed by atoms with van der Waals surface area (Å²) in [6.45, 7) is 6.27. The van der Waals surface area contributed by atoms with E-state index in [1.165, 1.54) is 0 Å². The van der Waals surface area contributed by atoms with Crippen molar-refractivity contribution < 1.29 is 0 Å². The fourth-order valence-electron chi connectivity index (χ4n) is 1.23. The molecule has 66 valence electrons. The molecule has 0 radical (unpaired) electrons. The van der Waals surface area contributed by atoms with E-state index in [2.05, 4.69) is 0 Å². The molecule has 0 aromatic carbocycles. The summed E-state index contributed by atoms with van der Waals surface area (Å²) < 4.78 is 1.71. The van der Waals surface area contributed by atoms with Crippen molar-refractivity contribution in [3.8, 4) is 0 Å². The van der Waals surface area contributed by atoms with Gasteiger partial charge >= 0.3 is 0 Å². The summed E-state index contributed by atoms with van der Waals surface area (Å²) >= 11 is 5.83. The van der Waals surface area contributed by atoms with E-state index < -0.39 is 0 Å². The minimum Gasteiger partial charge on any atom is -0.313 e. The molecule has 1 rings (SSSR count). The van der Waals surface area contributed by atoms with Gasteiger partial charge in [-0.2, -0.15) is 0 Å².